The Morgan fingerprint density at radius 1 is 1.24 bits per heavy atom. The number of hydrogen-bond donors (Lipinski definition) is 2. The summed E-state index contributed by atoms with van der Waals surface area (Å²) in [5.74, 6) is 1.10. The van der Waals surface area contributed by atoms with Crippen molar-refractivity contribution in [1.29, 1.82) is 0 Å². The van der Waals surface area contributed by atoms with E-state index < -0.39 is 6.61 Å². The number of aromatic nitrogens is 2. The number of alkyl halides is 2. The van der Waals surface area contributed by atoms with Gasteiger partial charge in [-0.2, -0.15) is 13.9 Å². The highest BCUT2D eigenvalue weighted by Gasteiger charge is 2.12. The average Bonchev–Trinajstić information content (AvgIpc) is 2.98. The molecule has 1 aromatic carbocycles. The molecule has 0 amide bonds. The molecule has 7 nitrogen and oxygen atoms in total. The van der Waals surface area contributed by atoms with Gasteiger partial charge in [-0.15, -0.1) is 24.0 Å². The molecule has 0 spiro atoms. The summed E-state index contributed by atoms with van der Waals surface area (Å²) in [6.07, 6.45) is 0.866. The molecule has 162 valence electrons. The van der Waals surface area contributed by atoms with Crippen LogP contribution >= 0.6 is 24.0 Å². The van der Waals surface area contributed by atoms with Gasteiger partial charge in [0.1, 0.15) is 11.5 Å². The maximum Gasteiger partial charge on any atom is 0.387 e. The van der Waals surface area contributed by atoms with Crippen LogP contribution in [0.3, 0.4) is 0 Å². The van der Waals surface area contributed by atoms with Gasteiger partial charge >= 0.3 is 6.61 Å². The number of aryl methyl sites for hydroxylation is 3. The Labute approximate surface area is 186 Å². The fourth-order valence-electron chi connectivity index (χ4n) is 2.75. The number of hydrogen-bond acceptors (Lipinski definition) is 4. The van der Waals surface area contributed by atoms with Crippen LogP contribution in [0.1, 0.15) is 23.4 Å². The summed E-state index contributed by atoms with van der Waals surface area (Å²) in [6.45, 7) is 2.87. The minimum absolute atomic E-state index is 0. The monoisotopic (exact) mass is 523 g/mol. The van der Waals surface area contributed by atoms with Crippen LogP contribution in [0.4, 0.5) is 8.78 Å². The normalized spacial score (nSPS) is 11.2. The number of rotatable bonds is 9. The van der Waals surface area contributed by atoms with Gasteiger partial charge in [-0.25, -0.2) is 0 Å². The van der Waals surface area contributed by atoms with Crippen molar-refractivity contribution in [2.45, 2.75) is 40.0 Å². The molecule has 2 rings (SSSR count). The second-order valence-electron chi connectivity index (χ2n) is 6.21. The molecule has 0 saturated carbocycles. The lowest BCUT2D eigenvalue weighted by molar-refractivity contribution is -0.0505. The van der Waals surface area contributed by atoms with Crippen LogP contribution in [0, 0.1) is 13.8 Å². The number of benzene rings is 1. The lowest BCUT2D eigenvalue weighted by Gasteiger charge is -2.15. The molecule has 0 bridgehead atoms. The molecule has 0 fully saturated rings. The molecule has 0 aliphatic rings. The Balaban J connectivity index is 0.00000420. The lowest BCUT2D eigenvalue weighted by Crippen LogP contribution is -2.37. The minimum atomic E-state index is -2.90. The third kappa shape index (κ3) is 8.03. The van der Waals surface area contributed by atoms with Crippen molar-refractivity contribution in [1.82, 2.24) is 20.4 Å². The standard InChI is InChI=1S/C19H27F2N5O2.HI/c1-13-10-14(2)26(25-13)9-5-8-23-19(22-3)24-12-15-6-7-16(27-4)11-17(15)28-18(20)21;/h6-7,10-11,18H,5,8-9,12H2,1-4H3,(H2,22,23,24);1H. The molecule has 29 heavy (non-hydrogen) atoms. The van der Waals surface area contributed by atoms with Crippen LogP contribution in [0.5, 0.6) is 11.5 Å². The van der Waals surface area contributed by atoms with Gasteiger partial charge in [0.25, 0.3) is 0 Å². The van der Waals surface area contributed by atoms with Crippen molar-refractivity contribution >= 4 is 29.9 Å². The average molecular weight is 523 g/mol. The molecule has 2 aromatic rings. The van der Waals surface area contributed by atoms with Crippen LogP contribution < -0.4 is 20.1 Å². The molecule has 1 aromatic heterocycles. The summed E-state index contributed by atoms with van der Waals surface area (Å²) in [5, 5.41) is 10.7. The smallest absolute Gasteiger partial charge is 0.387 e. The van der Waals surface area contributed by atoms with Gasteiger partial charge in [-0.05, 0) is 38.5 Å². The van der Waals surface area contributed by atoms with Crippen LogP contribution in [0.25, 0.3) is 0 Å². The summed E-state index contributed by atoms with van der Waals surface area (Å²) >= 11 is 0. The summed E-state index contributed by atoms with van der Waals surface area (Å²) in [6, 6.07) is 6.86. The molecule has 0 aliphatic heterocycles. The second kappa shape index (κ2) is 12.5. The Kier molecular flexibility index (Phi) is 10.7. The van der Waals surface area contributed by atoms with Gasteiger partial charge in [0.05, 0.1) is 12.8 Å². The summed E-state index contributed by atoms with van der Waals surface area (Å²) in [7, 11) is 3.12. The first-order valence-corrected chi connectivity index (χ1v) is 9.00. The lowest BCUT2D eigenvalue weighted by atomic mass is 10.2. The maximum absolute atomic E-state index is 12.6. The Bertz CT molecular complexity index is 799. The van der Waals surface area contributed by atoms with E-state index >= 15 is 0 Å². The van der Waals surface area contributed by atoms with Crippen molar-refractivity contribution in [2.24, 2.45) is 4.99 Å². The van der Waals surface area contributed by atoms with Gasteiger partial charge in [-0.3, -0.25) is 9.67 Å². The number of ether oxygens (including phenoxy) is 2. The van der Waals surface area contributed by atoms with Crippen molar-refractivity contribution in [3.05, 3.63) is 41.2 Å². The van der Waals surface area contributed by atoms with Crippen molar-refractivity contribution in [3.63, 3.8) is 0 Å². The summed E-state index contributed by atoms with van der Waals surface area (Å²) in [4.78, 5) is 4.15. The Morgan fingerprint density at radius 2 is 2.00 bits per heavy atom. The van der Waals surface area contributed by atoms with Crippen molar-refractivity contribution in [2.75, 3.05) is 20.7 Å². The van der Waals surface area contributed by atoms with E-state index in [0.29, 0.717) is 23.8 Å². The quantitative estimate of drug-likeness (QED) is 0.228. The fraction of sp³-hybridized carbons (Fsp3) is 0.474. The SMILES string of the molecule is CN=C(NCCCn1nc(C)cc1C)NCc1ccc(OC)cc1OC(F)F.I. The topological polar surface area (TPSA) is 72.7 Å². The molecular formula is C19H28F2IN5O2. The number of halogens is 3. The highest BCUT2D eigenvalue weighted by molar-refractivity contribution is 14.0. The maximum atomic E-state index is 12.6. The molecule has 0 radical (unpaired) electrons. The first kappa shape index (κ1) is 24.9. The predicted octanol–water partition coefficient (Wildman–Crippen LogP) is 3.48. The third-order valence-corrected chi connectivity index (χ3v) is 4.10. The Hall–Kier alpha value is -2.11. The Morgan fingerprint density at radius 3 is 2.59 bits per heavy atom. The first-order chi connectivity index (χ1) is 13.4. The van der Waals surface area contributed by atoms with Gasteiger partial charge in [0, 0.05) is 44.0 Å². The zero-order chi connectivity index (χ0) is 20.5. The van der Waals surface area contributed by atoms with Gasteiger partial charge in [0.2, 0.25) is 0 Å². The van der Waals surface area contributed by atoms with E-state index in [2.05, 4.69) is 25.5 Å². The number of guanidine groups is 1. The molecule has 0 saturated heterocycles. The van der Waals surface area contributed by atoms with Gasteiger partial charge < -0.3 is 20.1 Å². The van der Waals surface area contributed by atoms with Crippen molar-refractivity contribution in [3.8, 4) is 11.5 Å². The predicted molar refractivity (Wildman–Crippen MR) is 120 cm³/mol. The van der Waals surface area contributed by atoms with Gasteiger partial charge in [-0.1, -0.05) is 0 Å². The highest BCUT2D eigenvalue weighted by atomic mass is 127. The molecule has 0 unspecified atom stereocenters. The molecule has 2 N–H and O–H groups in total. The number of nitrogens with zero attached hydrogens (tertiary/aromatic N) is 3. The zero-order valence-electron chi connectivity index (χ0n) is 17.0. The van der Waals surface area contributed by atoms with Crippen molar-refractivity contribution < 1.29 is 18.3 Å². The second-order valence-corrected chi connectivity index (χ2v) is 6.21. The van der Waals surface area contributed by atoms with E-state index in [1.165, 1.54) is 13.2 Å². The minimum Gasteiger partial charge on any atom is -0.497 e. The highest BCUT2D eigenvalue weighted by Crippen LogP contribution is 2.26. The summed E-state index contributed by atoms with van der Waals surface area (Å²) in [5.41, 5.74) is 2.71. The number of methoxy groups -OCH3 is 1. The molecular weight excluding hydrogens is 495 g/mol. The molecule has 10 heteroatoms. The van der Waals surface area contributed by atoms with E-state index in [4.69, 9.17) is 4.74 Å². The van der Waals surface area contributed by atoms with E-state index in [1.807, 2.05) is 24.6 Å². The zero-order valence-corrected chi connectivity index (χ0v) is 19.4. The molecule has 1 heterocycles. The van der Waals surface area contributed by atoms with E-state index in [9.17, 15) is 8.78 Å². The number of aliphatic imine (C=N–C) groups is 1. The van der Waals surface area contributed by atoms with Crippen LogP contribution in [-0.2, 0) is 13.1 Å². The van der Waals surface area contributed by atoms with E-state index in [-0.39, 0.29) is 36.3 Å². The van der Waals surface area contributed by atoms with Crippen LogP contribution in [0.2, 0.25) is 0 Å². The molecule has 0 aliphatic carbocycles. The first-order valence-electron chi connectivity index (χ1n) is 9.00. The van der Waals surface area contributed by atoms with Crippen LogP contribution in [-0.4, -0.2) is 43.1 Å². The fourth-order valence-corrected chi connectivity index (χ4v) is 2.75. The molecule has 0 atom stereocenters. The van der Waals surface area contributed by atoms with E-state index in [1.54, 1.807) is 19.2 Å². The number of nitrogens with one attached hydrogen (secondary N) is 2. The third-order valence-electron chi connectivity index (χ3n) is 4.10. The van der Waals surface area contributed by atoms with E-state index in [0.717, 1.165) is 24.4 Å². The summed E-state index contributed by atoms with van der Waals surface area (Å²) < 4.78 is 36.9. The van der Waals surface area contributed by atoms with Crippen LogP contribution in [0.15, 0.2) is 29.3 Å². The van der Waals surface area contributed by atoms with Gasteiger partial charge in [0.15, 0.2) is 5.96 Å². The largest absolute Gasteiger partial charge is 0.497 e.